The number of carboxylic acids is 1. The smallest absolute Gasteiger partial charge is 0.307 e. The Morgan fingerprint density at radius 3 is 2.50 bits per heavy atom. The number of nitrogens with one attached hydrogen (secondary N) is 1. The molecule has 1 saturated carbocycles. The number of aliphatic carboxylic acids is 1. The minimum absolute atomic E-state index is 0.230. The molecule has 0 spiro atoms. The maximum absolute atomic E-state index is 12.5. The first kappa shape index (κ1) is 16.6. The number of nitrogens with zero attached hydrogens (tertiary/aromatic N) is 1. The molecule has 1 amide bonds. The maximum atomic E-state index is 12.5. The van der Waals surface area contributed by atoms with Crippen molar-refractivity contribution in [3.05, 3.63) is 35.2 Å². The van der Waals surface area contributed by atoms with E-state index in [4.69, 9.17) is 0 Å². The second kappa shape index (κ2) is 7.13. The van der Waals surface area contributed by atoms with E-state index < -0.39 is 17.8 Å². The maximum Gasteiger partial charge on any atom is 0.307 e. The van der Waals surface area contributed by atoms with Crippen molar-refractivity contribution < 1.29 is 14.7 Å². The summed E-state index contributed by atoms with van der Waals surface area (Å²) in [5, 5.41) is 14.5. The fourth-order valence-corrected chi connectivity index (χ4v) is 3.85. The molecule has 0 radical (unpaired) electrons. The van der Waals surface area contributed by atoms with Gasteiger partial charge < -0.3 is 10.4 Å². The SMILES string of the molecule is Cc1ccc(-c2csc(NC(=O)[C@@H]3CCCC[C@H]3C(=O)O)n2)cc1. The Morgan fingerprint density at radius 1 is 1.17 bits per heavy atom. The molecule has 2 N–H and O–H groups in total. The van der Waals surface area contributed by atoms with Crippen molar-refractivity contribution in [2.45, 2.75) is 32.6 Å². The summed E-state index contributed by atoms with van der Waals surface area (Å²) < 4.78 is 0. The van der Waals surface area contributed by atoms with Crippen molar-refractivity contribution in [1.82, 2.24) is 4.98 Å². The summed E-state index contributed by atoms with van der Waals surface area (Å²) in [5.41, 5.74) is 2.99. The molecule has 0 unspecified atom stereocenters. The third-order valence-corrected chi connectivity index (χ3v) is 5.26. The Kier molecular flexibility index (Phi) is 4.94. The van der Waals surface area contributed by atoms with Crippen LogP contribution >= 0.6 is 11.3 Å². The Bertz CT molecular complexity index is 739. The van der Waals surface area contributed by atoms with Crippen LogP contribution in [0.25, 0.3) is 11.3 Å². The number of hydrogen-bond donors (Lipinski definition) is 2. The van der Waals surface area contributed by atoms with E-state index in [9.17, 15) is 14.7 Å². The van der Waals surface area contributed by atoms with Gasteiger partial charge in [0.2, 0.25) is 5.91 Å². The van der Waals surface area contributed by atoms with E-state index in [2.05, 4.69) is 10.3 Å². The summed E-state index contributed by atoms with van der Waals surface area (Å²) >= 11 is 1.36. The van der Waals surface area contributed by atoms with Gasteiger partial charge in [-0.05, 0) is 19.8 Å². The first-order valence-electron chi connectivity index (χ1n) is 8.11. The zero-order valence-corrected chi connectivity index (χ0v) is 14.3. The van der Waals surface area contributed by atoms with Gasteiger partial charge in [0.1, 0.15) is 0 Å². The lowest BCUT2D eigenvalue weighted by Crippen LogP contribution is -2.36. The molecule has 1 fully saturated rings. The average Bonchev–Trinajstić information content (AvgIpc) is 3.04. The summed E-state index contributed by atoms with van der Waals surface area (Å²) in [6, 6.07) is 8.04. The van der Waals surface area contributed by atoms with Gasteiger partial charge >= 0.3 is 5.97 Å². The van der Waals surface area contributed by atoms with E-state index in [1.165, 1.54) is 16.9 Å². The Hall–Kier alpha value is -2.21. The van der Waals surface area contributed by atoms with Crippen molar-refractivity contribution in [2.24, 2.45) is 11.8 Å². The van der Waals surface area contributed by atoms with Crippen LogP contribution in [0.15, 0.2) is 29.6 Å². The van der Waals surface area contributed by atoms with Crippen LogP contribution in [-0.4, -0.2) is 22.0 Å². The van der Waals surface area contributed by atoms with E-state index in [0.29, 0.717) is 18.0 Å². The van der Waals surface area contributed by atoms with Gasteiger partial charge in [-0.3, -0.25) is 9.59 Å². The first-order valence-corrected chi connectivity index (χ1v) is 8.99. The van der Waals surface area contributed by atoms with Crippen LogP contribution in [0.2, 0.25) is 0 Å². The van der Waals surface area contributed by atoms with Crippen molar-refractivity contribution in [3.8, 4) is 11.3 Å². The number of hydrogen-bond acceptors (Lipinski definition) is 4. The fourth-order valence-electron chi connectivity index (χ4n) is 3.13. The number of carboxylic acid groups (broad SMARTS) is 1. The Morgan fingerprint density at radius 2 is 1.83 bits per heavy atom. The highest BCUT2D eigenvalue weighted by atomic mass is 32.1. The molecule has 0 bridgehead atoms. The number of benzene rings is 1. The van der Waals surface area contributed by atoms with E-state index in [0.717, 1.165) is 24.1 Å². The summed E-state index contributed by atoms with van der Waals surface area (Å²) in [4.78, 5) is 28.3. The number of thiazole rings is 1. The summed E-state index contributed by atoms with van der Waals surface area (Å²) in [6.45, 7) is 2.03. The summed E-state index contributed by atoms with van der Waals surface area (Å²) in [7, 11) is 0. The molecule has 3 rings (SSSR count). The third-order valence-electron chi connectivity index (χ3n) is 4.50. The number of carbonyl (C=O) groups is 2. The molecule has 126 valence electrons. The molecular formula is C18H20N2O3S. The average molecular weight is 344 g/mol. The molecule has 1 heterocycles. The normalized spacial score (nSPS) is 20.5. The molecular weight excluding hydrogens is 324 g/mol. The van der Waals surface area contributed by atoms with Crippen LogP contribution in [0, 0.1) is 18.8 Å². The van der Waals surface area contributed by atoms with Gasteiger partial charge in [0, 0.05) is 10.9 Å². The van der Waals surface area contributed by atoms with Gasteiger partial charge in [-0.15, -0.1) is 11.3 Å². The molecule has 1 aliphatic carbocycles. The van der Waals surface area contributed by atoms with E-state index >= 15 is 0 Å². The van der Waals surface area contributed by atoms with Crippen LogP contribution in [0.5, 0.6) is 0 Å². The van der Waals surface area contributed by atoms with Gasteiger partial charge in [0.25, 0.3) is 0 Å². The Labute approximate surface area is 144 Å². The van der Waals surface area contributed by atoms with Gasteiger partial charge in [0.15, 0.2) is 5.13 Å². The predicted octanol–water partition coefficient (Wildman–Crippen LogP) is 3.95. The minimum Gasteiger partial charge on any atom is -0.481 e. The molecule has 1 aromatic carbocycles. The number of carbonyl (C=O) groups excluding carboxylic acids is 1. The fraction of sp³-hybridized carbons (Fsp3) is 0.389. The van der Waals surface area contributed by atoms with Crippen LogP contribution in [0.4, 0.5) is 5.13 Å². The largest absolute Gasteiger partial charge is 0.481 e. The van der Waals surface area contributed by atoms with Crippen molar-refractivity contribution in [1.29, 1.82) is 0 Å². The quantitative estimate of drug-likeness (QED) is 0.880. The van der Waals surface area contributed by atoms with Crippen LogP contribution < -0.4 is 5.32 Å². The lowest BCUT2D eigenvalue weighted by molar-refractivity contribution is -0.147. The number of amides is 1. The van der Waals surface area contributed by atoms with Crippen molar-refractivity contribution >= 4 is 28.3 Å². The lowest BCUT2D eigenvalue weighted by atomic mass is 9.79. The number of anilines is 1. The highest BCUT2D eigenvalue weighted by Gasteiger charge is 2.35. The second-order valence-electron chi connectivity index (χ2n) is 6.23. The van der Waals surface area contributed by atoms with Gasteiger partial charge in [-0.1, -0.05) is 42.7 Å². The second-order valence-corrected chi connectivity index (χ2v) is 7.09. The lowest BCUT2D eigenvalue weighted by Gasteiger charge is -2.26. The van der Waals surface area contributed by atoms with Gasteiger partial charge in [-0.25, -0.2) is 4.98 Å². The van der Waals surface area contributed by atoms with Crippen molar-refractivity contribution in [3.63, 3.8) is 0 Å². The molecule has 2 atom stereocenters. The van der Waals surface area contributed by atoms with Crippen molar-refractivity contribution in [2.75, 3.05) is 5.32 Å². The first-order chi connectivity index (χ1) is 11.5. The zero-order chi connectivity index (χ0) is 17.1. The highest BCUT2D eigenvalue weighted by Crippen LogP contribution is 2.32. The monoisotopic (exact) mass is 344 g/mol. The predicted molar refractivity (Wildman–Crippen MR) is 94.0 cm³/mol. The molecule has 1 aliphatic rings. The van der Waals surface area contributed by atoms with Crippen LogP contribution in [0.3, 0.4) is 0 Å². The van der Waals surface area contributed by atoms with E-state index in [1.807, 2.05) is 36.6 Å². The topological polar surface area (TPSA) is 79.3 Å². The summed E-state index contributed by atoms with van der Waals surface area (Å²) in [5.74, 6) is -2.17. The van der Waals surface area contributed by atoms with E-state index in [-0.39, 0.29) is 5.91 Å². The Balaban J connectivity index is 1.70. The molecule has 0 saturated heterocycles. The molecule has 5 nitrogen and oxygen atoms in total. The molecule has 1 aromatic heterocycles. The van der Waals surface area contributed by atoms with Crippen LogP contribution in [0.1, 0.15) is 31.2 Å². The highest BCUT2D eigenvalue weighted by molar-refractivity contribution is 7.14. The molecule has 2 aromatic rings. The minimum atomic E-state index is -0.880. The number of rotatable bonds is 4. The van der Waals surface area contributed by atoms with E-state index in [1.54, 1.807) is 0 Å². The number of aromatic nitrogens is 1. The molecule has 0 aliphatic heterocycles. The van der Waals surface area contributed by atoms with Gasteiger partial charge in [0.05, 0.1) is 17.5 Å². The van der Waals surface area contributed by atoms with Gasteiger partial charge in [-0.2, -0.15) is 0 Å². The zero-order valence-electron chi connectivity index (χ0n) is 13.5. The van der Waals surface area contributed by atoms with Crippen LogP contribution in [-0.2, 0) is 9.59 Å². The standard InChI is InChI=1S/C18H20N2O3S/c1-11-6-8-12(9-7-11)15-10-24-18(19-15)20-16(21)13-4-2-3-5-14(13)17(22)23/h6-10,13-14H,2-5H2,1H3,(H,22,23)(H,19,20,21)/t13-,14-/m1/s1. The summed E-state index contributed by atoms with van der Waals surface area (Å²) in [6.07, 6.45) is 2.96. The third kappa shape index (κ3) is 3.64. The molecule has 6 heteroatoms. The number of aryl methyl sites for hydroxylation is 1. The molecule has 24 heavy (non-hydrogen) atoms.